The van der Waals surface area contributed by atoms with E-state index in [9.17, 15) is 4.39 Å². The molecule has 4 atom stereocenters. The van der Waals surface area contributed by atoms with E-state index in [4.69, 9.17) is 10.8 Å². The number of aliphatic hydroxyl groups is 1. The van der Waals surface area contributed by atoms with Crippen LogP contribution in [-0.2, 0) is 0 Å². The van der Waals surface area contributed by atoms with Crippen LogP contribution in [0.5, 0.6) is 0 Å². The Hall–Kier alpha value is -0.150. The first-order valence-electron chi connectivity index (χ1n) is 3.67. The first kappa shape index (κ1) is 7.95. The molecule has 10 heavy (non-hydrogen) atoms. The molecule has 0 heterocycles. The Morgan fingerprint density at radius 3 is 2.50 bits per heavy atom. The van der Waals surface area contributed by atoms with E-state index in [1.165, 1.54) is 0 Å². The molecule has 2 nitrogen and oxygen atoms in total. The zero-order valence-corrected chi connectivity index (χ0v) is 6.13. The van der Waals surface area contributed by atoms with Gasteiger partial charge in [-0.3, -0.25) is 0 Å². The lowest BCUT2D eigenvalue weighted by Gasteiger charge is -2.12. The topological polar surface area (TPSA) is 46.2 Å². The van der Waals surface area contributed by atoms with Gasteiger partial charge in [-0.05, 0) is 18.3 Å². The fourth-order valence-electron chi connectivity index (χ4n) is 1.58. The maximum atomic E-state index is 12.9. The fraction of sp³-hybridized carbons (Fsp3) is 1.00. The van der Waals surface area contributed by atoms with Crippen LogP contribution in [0.3, 0.4) is 0 Å². The Balaban J connectivity index is 2.53. The van der Waals surface area contributed by atoms with Crippen molar-refractivity contribution >= 4 is 0 Å². The molecular formula is C7H14FNO. The molecule has 0 aromatic rings. The van der Waals surface area contributed by atoms with Gasteiger partial charge in [-0.1, -0.05) is 6.92 Å². The number of hydrogen-bond acceptors (Lipinski definition) is 2. The van der Waals surface area contributed by atoms with Crippen LogP contribution < -0.4 is 5.73 Å². The maximum absolute atomic E-state index is 12.9. The van der Waals surface area contributed by atoms with E-state index < -0.39 is 6.17 Å². The summed E-state index contributed by atoms with van der Waals surface area (Å²) in [6.45, 7) is 1.87. The third-order valence-electron chi connectivity index (χ3n) is 2.46. The van der Waals surface area contributed by atoms with E-state index in [0.29, 0.717) is 6.42 Å². The summed E-state index contributed by atoms with van der Waals surface area (Å²) in [5, 5.41) is 8.75. The molecule has 0 unspecified atom stereocenters. The second kappa shape index (κ2) is 2.84. The Labute approximate surface area is 60.2 Å². The molecule has 0 saturated heterocycles. The lowest BCUT2D eigenvalue weighted by molar-refractivity contribution is 0.170. The van der Waals surface area contributed by atoms with E-state index in [-0.39, 0.29) is 24.5 Å². The summed E-state index contributed by atoms with van der Waals surface area (Å²) in [5.41, 5.74) is 5.45. The normalized spacial score (nSPS) is 48.0. The van der Waals surface area contributed by atoms with Crippen LogP contribution in [0.25, 0.3) is 0 Å². The number of alkyl halides is 1. The van der Waals surface area contributed by atoms with Gasteiger partial charge in [0.05, 0.1) is 0 Å². The third-order valence-corrected chi connectivity index (χ3v) is 2.46. The molecule has 0 amide bonds. The molecule has 1 aliphatic carbocycles. The average Bonchev–Trinajstić information content (AvgIpc) is 2.17. The van der Waals surface area contributed by atoms with Gasteiger partial charge in [0.1, 0.15) is 6.17 Å². The van der Waals surface area contributed by atoms with Gasteiger partial charge in [0.15, 0.2) is 0 Å². The molecule has 60 valence electrons. The van der Waals surface area contributed by atoms with Crippen molar-refractivity contribution in [2.45, 2.75) is 25.6 Å². The first-order valence-corrected chi connectivity index (χ1v) is 3.67. The minimum absolute atomic E-state index is 0.0648. The molecule has 0 aromatic heterocycles. The van der Waals surface area contributed by atoms with Gasteiger partial charge in [-0.25, -0.2) is 4.39 Å². The van der Waals surface area contributed by atoms with Gasteiger partial charge in [-0.2, -0.15) is 0 Å². The number of hydrogen-bond donors (Lipinski definition) is 2. The molecule has 0 bridgehead atoms. The van der Waals surface area contributed by atoms with Crippen LogP contribution >= 0.6 is 0 Å². The van der Waals surface area contributed by atoms with Crippen molar-refractivity contribution in [3.8, 4) is 0 Å². The Bertz CT molecular complexity index is 120. The summed E-state index contributed by atoms with van der Waals surface area (Å²) < 4.78 is 12.9. The van der Waals surface area contributed by atoms with Crippen LogP contribution in [0, 0.1) is 11.8 Å². The lowest BCUT2D eigenvalue weighted by Crippen LogP contribution is -2.28. The van der Waals surface area contributed by atoms with Gasteiger partial charge in [-0.15, -0.1) is 0 Å². The van der Waals surface area contributed by atoms with Crippen LogP contribution in [-0.4, -0.2) is 23.9 Å². The minimum atomic E-state index is -0.919. The lowest BCUT2D eigenvalue weighted by atomic mass is 9.99. The zero-order valence-electron chi connectivity index (χ0n) is 6.13. The predicted octanol–water partition coefficient (Wildman–Crippen LogP) is 0.300. The van der Waals surface area contributed by atoms with Crippen LogP contribution in [0.1, 0.15) is 13.3 Å². The quantitative estimate of drug-likeness (QED) is 0.560. The smallest absolute Gasteiger partial charge is 0.118 e. The summed E-state index contributed by atoms with van der Waals surface area (Å²) in [4.78, 5) is 0. The van der Waals surface area contributed by atoms with E-state index in [1.807, 2.05) is 0 Å². The van der Waals surface area contributed by atoms with Crippen LogP contribution in [0.2, 0.25) is 0 Å². The number of halogens is 1. The maximum Gasteiger partial charge on any atom is 0.118 e. The Kier molecular flexibility index (Phi) is 2.26. The summed E-state index contributed by atoms with van der Waals surface area (Å²) >= 11 is 0. The second-order valence-electron chi connectivity index (χ2n) is 3.15. The molecule has 0 aromatic carbocycles. The molecular weight excluding hydrogens is 133 g/mol. The fourth-order valence-corrected chi connectivity index (χ4v) is 1.58. The summed E-state index contributed by atoms with van der Waals surface area (Å²) in [5.74, 6) is 0.00463. The molecule has 1 aliphatic rings. The van der Waals surface area contributed by atoms with Crippen molar-refractivity contribution in [2.24, 2.45) is 17.6 Å². The molecule has 3 N–H and O–H groups in total. The second-order valence-corrected chi connectivity index (χ2v) is 3.15. The summed E-state index contributed by atoms with van der Waals surface area (Å²) in [7, 11) is 0. The number of rotatable bonds is 1. The van der Waals surface area contributed by atoms with Crippen molar-refractivity contribution in [1.82, 2.24) is 0 Å². The van der Waals surface area contributed by atoms with Crippen molar-refractivity contribution in [1.29, 1.82) is 0 Å². The molecule has 0 spiro atoms. The highest BCUT2D eigenvalue weighted by Gasteiger charge is 2.38. The van der Waals surface area contributed by atoms with E-state index in [2.05, 4.69) is 0 Å². The zero-order chi connectivity index (χ0) is 7.72. The first-order chi connectivity index (χ1) is 4.66. The van der Waals surface area contributed by atoms with Crippen molar-refractivity contribution in [3.63, 3.8) is 0 Å². The van der Waals surface area contributed by atoms with Crippen molar-refractivity contribution in [2.75, 3.05) is 6.61 Å². The highest BCUT2D eigenvalue weighted by Crippen LogP contribution is 2.32. The Morgan fingerprint density at radius 2 is 2.30 bits per heavy atom. The SMILES string of the molecule is C[C@@H]1[C@@H](CO)C[C@@H](N)[C@H]1F. The summed E-state index contributed by atoms with van der Waals surface area (Å²) in [6, 6.07) is -0.354. The van der Waals surface area contributed by atoms with Crippen LogP contribution in [0.15, 0.2) is 0 Å². The highest BCUT2D eigenvalue weighted by atomic mass is 19.1. The van der Waals surface area contributed by atoms with Gasteiger partial charge in [0, 0.05) is 12.6 Å². The van der Waals surface area contributed by atoms with Crippen LogP contribution in [0.4, 0.5) is 4.39 Å². The van der Waals surface area contributed by atoms with Gasteiger partial charge < -0.3 is 10.8 Å². The largest absolute Gasteiger partial charge is 0.396 e. The van der Waals surface area contributed by atoms with Gasteiger partial charge in [0.25, 0.3) is 0 Å². The minimum Gasteiger partial charge on any atom is -0.396 e. The summed E-state index contributed by atoms with van der Waals surface area (Å²) in [6.07, 6.45) is -0.295. The van der Waals surface area contributed by atoms with Gasteiger partial charge in [0.2, 0.25) is 0 Å². The predicted molar refractivity (Wildman–Crippen MR) is 37.2 cm³/mol. The molecule has 1 saturated carbocycles. The molecule has 3 heteroatoms. The molecule has 0 radical (unpaired) electrons. The van der Waals surface area contributed by atoms with Crippen molar-refractivity contribution in [3.05, 3.63) is 0 Å². The van der Waals surface area contributed by atoms with E-state index >= 15 is 0 Å². The monoisotopic (exact) mass is 147 g/mol. The van der Waals surface area contributed by atoms with Crippen molar-refractivity contribution < 1.29 is 9.50 Å². The standard InChI is InChI=1S/C7H14FNO/c1-4-5(3-10)2-6(9)7(4)8/h4-7,10H,2-3,9H2,1H3/t4-,5-,6-,7+/m1/s1. The molecule has 1 rings (SSSR count). The number of nitrogens with two attached hydrogens (primary N) is 1. The molecule has 0 aliphatic heterocycles. The highest BCUT2D eigenvalue weighted by molar-refractivity contribution is 4.90. The number of aliphatic hydroxyl groups excluding tert-OH is 1. The van der Waals surface area contributed by atoms with E-state index in [0.717, 1.165) is 0 Å². The average molecular weight is 147 g/mol. The van der Waals surface area contributed by atoms with E-state index in [1.54, 1.807) is 6.92 Å². The molecule has 1 fully saturated rings. The Morgan fingerprint density at radius 1 is 1.70 bits per heavy atom. The van der Waals surface area contributed by atoms with Gasteiger partial charge >= 0.3 is 0 Å². The third kappa shape index (κ3) is 1.16.